The summed E-state index contributed by atoms with van der Waals surface area (Å²) in [6.07, 6.45) is 2.83. The van der Waals surface area contributed by atoms with Crippen molar-refractivity contribution in [2.24, 2.45) is 5.41 Å². The average molecular weight is 216 g/mol. The van der Waals surface area contributed by atoms with E-state index in [4.69, 9.17) is 5.26 Å². The standard InChI is InChI=1S/C13H16N2O/c1-8-10-6-13(2,3)5-4-9(10)11(7-14)12(16)15-8/h4-6H2,1-3H3,(H,15,16). The van der Waals surface area contributed by atoms with Crippen molar-refractivity contribution in [1.29, 1.82) is 5.26 Å². The van der Waals surface area contributed by atoms with Crippen LogP contribution in [0.3, 0.4) is 0 Å². The largest absolute Gasteiger partial charge is 0.325 e. The zero-order valence-electron chi connectivity index (χ0n) is 9.98. The van der Waals surface area contributed by atoms with E-state index in [-0.39, 0.29) is 11.0 Å². The summed E-state index contributed by atoms with van der Waals surface area (Å²) in [5.41, 5.74) is 3.42. The minimum absolute atomic E-state index is 0.238. The fraction of sp³-hybridized carbons (Fsp3) is 0.538. The Morgan fingerprint density at radius 2 is 2.06 bits per heavy atom. The molecule has 0 spiro atoms. The van der Waals surface area contributed by atoms with Crippen molar-refractivity contribution >= 4 is 0 Å². The molecule has 0 saturated heterocycles. The lowest BCUT2D eigenvalue weighted by molar-refractivity contribution is 0.313. The third-order valence-corrected chi connectivity index (χ3v) is 3.47. The number of hydrogen-bond donors (Lipinski definition) is 1. The Labute approximate surface area is 95.1 Å². The quantitative estimate of drug-likeness (QED) is 0.721. The number of hydrogen-bond acceptors (Lipinski definition) is 2. The fourth-order valence-electron chi connectivity index (χ4n) is 2.49. The Morgan fingerprint density at radius 1 is 1.38 bits per heavy atom. The predicted molar refractivity (Wildman–Crippen MR) is 62.3 cm³/mol. The second kappa shape index (κ2) is 3.48. The predicted octanol–water partition coefficient (Wildman–Crippen LogP) is 2.07. The minimum Gasteiger partial charge on any atom is -0.325 e. The first-order valence-electron chi connectivity index (χ1n) is 5.59. The van der Waals surface area contributed by atoms with Crippen molar-refractivity contribution in [3.63, 3.8) is 0 Å². The maximum atomic E-state index is 11.6. The van der Waals surface area contributed by atoms with Crippen molar-refractivity contribution in [2.75, 3.05) is 0 Å². The van der Waals surface area contributed by atoms with E-state index < -0.39 is 0 Å². The lowest BCUT2D eigenvalue weighted by atomic mass is 9.73. The van der Waals surface area contributed by atoms with Gasteiger partial charge in [-0.15, -0.1) is 0 Å². The van der Waals surface area contributed by atoms with Crippen molar-refractivity contribution in [2.45, 2.75) is 40.0 Å². The molecular weight excluding hydrogens is 200 g/mol. The number of aromatic nitrogens is 1. The Balaban J connectivity index is 2.68. The van der Waals surface area contributed by atoms with Crippen molar-refractivity contribution in [3.8, 4) is 6.07 Å². The van der Waals surface area contributed by atoms with Gasteiger partial charge in [0.1, 0.15) is 11.6 Å². The number of nitriles is 1. The summed E-state index contributed by atoms with van der Waals surface area (Å²) in [6.45, 7) is 6.38. The average Bonchev–Trinajstić information content (AvgIpc) is 2.19. The third-order valence-electron chi connectivity index (χ3n) is 3.47. The van der Waals surface area contributed by atoms with Gasteiger partial charge in [-0.1, -0.05) is 13.8 Å². The molecule has 0 bridgehead atoms. The summed E-state index contributed by atoms with van der Waals surface area (Å²) in [6, 6.07) is 2.03. The summed E-state index contributed by atoms with van der Waals surface area (Å²) in [5.74, 6) is 0. The summed E-state index contributed by atoms with van der Waals surface area (Å²) >= 11 is 0. The Bertz CT molecular complexity index is 532. The highest BCUT2D eigenvalue weighted by atomic mass is 16.1. The van der Waals surface area contributed by atoms with Crippen LogP contribution in [0.4, 0.5) is 0 Å². The van der Waals surface area contributed by atoms with Crippen molar-refractivity contribution in [3.05, 3.63) is 32.7 Å². The molecule has 0 saturated carbocycles. The van der Waals surface area contributed by atoms with Crippen LogP contribution in [0.5, 0.6) is 0 Å². The molecule has 2 rings (SSSR count). The van der Waals surface area contributed by atoms with Crippen molar-refractivity contribution < 1.29 is 0 Å². The number of pyridine rings is 1. The molecule has 0 fully saturated rings. The van der Waals surface area contributed by atoms with E-state index in [1.54, 1.807) is 0 Å². The second-order valence-corrected chi connectivity index (χ2v) is 5.36. The summed E-state index contributed by atoms with van der Waals surface area (Å²) in [4.78, 5) is 14.4. The molecule has 0 radical (unpaired) electrons. The highest BCUT2D eigenvalue weighted by Crippen LogP contribution is 2.35. The number of H-pyrrole nitrogens is 1. The van der Waals surface area contributed by atoms with Crippen LogP contribution in [-0.4, -0.2) is 4.98 Å². The van der Waals surface area contributed by atoms with E-state index in [0.717, 1.165) is 30.5 Å². The van der Waals surface area contributed by atoms with Crippen LogP contribution in [0.2, 0.25) is 0 Å². The molecule has 84 valence electrons. The van der Waals surface area contributed by atoms with Gasteiger partial charge < -0.3 is 4.98 Å². The fourth-order valence-corrected chi connectivity index (χ4v) is 2.49. The summed E-state index contributed by atoms with van der Waals surface area (Å²) in [7, 11) is 0. The molecule has 1 N–H and O–H groups in total. The van der Waals surface area contributed by atoms with Gasteiger partial charge in [0, 0.05) is 5.69 Å². The molecule has 1 aliphatic carbocycles. The summed E-state index contributed by atoms with van der Waals surface area (Å²) < 4.78 is 0. The maximum Gasteiger partial charge on any atom is 0.266 e. The number of fused-ring (bicyclic) bond motifs is 1. The zero-order valence-corrected chi connectivity index (χ0v) is 9.98. The first kappa shape index (κ1) is 10.9. The molecule has 0 amide bonds. The molecule has 3 heteroatoms. The van der Waals surface area contributed by atoms with Gasteiger partial charge in [0.25, 0.3) is 5.56 Å². The van der Waals surface area contributed by atoms with E-state index in [2.05, 4.69) is 18.8 Å². The van der Waals surface area contributed by atoms with Crippen LogP contribution in [0.1, 0.15) is 42.7 Å². The van der Waals surface area contributed by atoms with E-state index in [1.165, 1.54) is 5.56 Å². The van der Waals surface area contributed by atoms with Gasteiger partial charge in [-0.25, -0.2) is 0 Å². The highest BCUT2D eigenvalue weighted by molar-refractivity contribution is 5.44. The molecule has 1 heterocycles. The van der Waals surface area contributed by atoms with Crippen LogP contribution in [-0.2, 0) is 12.8 Å². The lowest BCUT2D eigenvalue weighted by Crippen LogP contribution is -2.28. The van der Waals surface area contributed by atoms with E-state index >= 15 is 0 Å². The molecule has 3 nitrogen and oxygen atoms in total. The van der Waals surface area contributed by atoms with Crippen LogP contribution in [0.15, 0.2) is 4.79 Å². The van der Waals surface area contributed by atoms with Gasteiger partial charge in [-0.2, -0.15) is 5.26 Å². The molecular formula is C13H16N2O. The molecule has 0 unspecified atom stereocenters. The van der Waals surface area contributed by atoms with Gasteiger partial charge in [0.15, 0.2) is 0 Å². The smallest absolute Gasteiger partial charge is 0.266 e. The number of aryl methyl sites for hydroxylation is 1. The second-order valence-electron chi connectivity index (χ2n) is 5.36. The van der Waals surface area contributed by atoms with E-state index in [1.807, 2.05) is 13.0 Å². The third kappa shape index (κ3) is 1.65. The Kier molecular flexibility index (Phi) is 2.38. The SMILES string of the molecule is Cc1[nH]c(=O)c(C#N)c2c1CC(C)(C)CC2. The van der Waals surface area contributed by atoms with E-state index in [0.29, 0.717) is 5.56 Å². The molecule has 1 aliphatic rings. The maximum absolute atomic E-state index is 11.6. The first-order valence-corrected chi connectivity index (χ1v) is 5.59. The van der Waals surface area contributed by atoms with Gasteiger partial charge in [-0.3, -0.25) is 4.79 Å². The van der Waals surface area contributed by atoms with Gasteiger partial charge in [0.05, 0.1) is 0 Å². The van der Waals surface area contributed by atoms with Gasteiger partial charge in [-0.05, 0) is 42.7 Å². The Hall–Kier alpha value is -1.56. The summed E-state index contributed by atoms with van der Waals surface area (Å²) in [5, 5.41) is 9.03. The Morgan fingerprint density at radius 3 is 2.69 bits per heavy atom. The van der Waals surface area contributed by atoms with Gasteiger partial charge >= 0.3 is 0 Å². The molecule has 1 aromatic heterocycles. The normalized spacial score (nSPS) is 17.6. The van der Waals surface area contributed by atoms with Crippen LogP contribution in [0, 0.1) is 23.7 Å². The highest BCUT2D eigenvalue weighted by Gasteiger charge is 2.29. The molecule has 0 atom stereocenters. The van der Waals surface area contributed by atoms with Crippen LogP contribution < -0.4 is 5.56 Å². The van der Waals surface area contributed by atoms with Crippen molar-refractivity contribution in [1.82, 2.24) is 4.98 Å². The zero-order chi connectivity index (χ0) is 11.9. The lowest BCUT2D eigenvalue weighted by Gasteiger charge is -2.32. The van der Waals surface area contributed by atoms with Gasteiger partial charge in [0.2, 0.25) is 0 Å². The number of rotatable bonds is 0. The molecule has 1 aromatic rings. The van der Waals surface area contributed by atoms with Crippen LogP contribution in [0.25, 0.3) is 0 Å². The number of nitrogens with one attached hydrogen (secondary N) is 1. The van der Waals surface area contributed by atoms with Crippen LogP contribution >= 0.6 is 0 Å². The topological polar surface area (TPSA) is 56.6 Å². The minimum atomic E-state index is -0.238. The number of nitrogens with zero attached hydrogens (tertiary/aromatic N) is 1. The molecule has 16 heavy (non-hydrogen) atoms. The molecule has 0 aromatic carbocycles. The molecule has 0 aliphatic heterocycles. The number of aromatic amines is 1. The first-order chi connectivity index (χ1) is 7.44. The monoisotopic (exact) mass is 216 g/mol. The van der Waals surface area contributed by atoms with E-state index in [9.17, 15) is 4.79 Å².